The number of Topliss-reactive ketones (excluding diaryl/α,β-unsaturated/α-hetero) is 1. The van der Waals surface area contributed by atoms with Crippen molar-refractivity contribution < 1.29 is 18.8 Å². The third-order valence-corrected chi connectivity index (χ3v) is 4.30. The van der Waals surface area contributed by atoms with E-state index < -0.39 is 12.1 Å². The van der Waals surface area contributed by atoms with Crippen molar-refractivity contribution in [3.8, 4) is 0 Å². The normalized spacial score (nSPS) is 12.3. The molecule has 0 aliphatic rings. The van der Waals surface area contributed by atoms with E-state index in [0.29, 0.717) is 16.8 Å². The molecule has 0 unspecified atom stereocenters. The molecule has 0 fully saturated rings. The van der Waals surface area contributed by atoms with Crippen LogP contribution in [0.1, 0.15) is 23.0 Å². The summed E-state index contributed by atoms with van der Waals surface area (Å²) in [4.78, 5) is 27.9. The maximum atomic E-state index is 12.6. The predicted octanol–water partition coefficient (Wildman–Crippen LogP) is 3.67. The molecule has 0 saturated carbocycles. The van der Waals surface area contributed by atoms with Crippen molar-refractivity contribution in [3.63, 3.8) is 0 Å². The molecule has 0 saturated heterocycles. The van der Waals surface area contributed by atoms with Crippen LogP contribution in [-0.2, 0) is 16.0 Å². The summed E-state index contributed by atoms with van der Waals surface area (Å²) in [6.45, 7) is 1.57. The van der Waals surface area contributed by atoms with Gasteiger partial charge in [0.05, 0.1) is 6.42 Å². The van der Waals surface area contributed by atoms with E-state index in [0.717, 1.165) is 16.3 Å². The van der Waals surface area contributed by atoms with Gasteiger partial charge in [-0.25, -0.2) is 0 Å². The SMILES string of the molecule is C[C@H](OC(=O)Cc1noc2ccccc12)C(=O)c1c[nH]c2ccccc12. The van der Waals surface area contributed by atoms with Gasteiger partial charge in [0.25, 0.3) is 0 Å². The molecule has 4 rings (SSSR count). The molecule has 6 nitrogen and oxygen atoms in total. The first-order chi connectivity index (χ1) is 12.6. The first-order valence-electron chi connectivity index (χ1n) is 8.26. The number of nitrogens with zero attached hydrogens (tertiary/aromatic N) is 1. The van der Waals surface area contributed by atoms with E-state index in [4.69, 9.17) is 9.26 Å². The van der Waals surface area contributed by atoms with Crippen LogP contribution in [0.3, 0.4) is 0 Å². The molecule has 2 heterocycles. The Morgan fingerprint density at radius 2 is 1.85 bits per heavy atom. The van der Waals surface area contributed by atoms with Crippen LogP contribution in [0.5, 0.6) is 0 Å². The van der Waals surface area contributed by atoms with E-state index >= 15 is 0 Å². The van der Waals surface area contributed by atoms with Gasteiger partial charge in [0, 0.05) is 28.0 Å². The highest BCUT2D eigenvalue weighted by Crippen LogP contribution is 2.21. The number of rotatable bonds is 5. The minimum absolute atomic E-state index is 0.0531. The van der Waals surface area contributed by atoms with E-state index in [1.165, 1.54) is 0 Å². The van der Waals surface area contributed by atoms with E-state index in [9.17, 15) is 9.59 Å². The number of fused-ring (bicyclic) bond motifs is 2. The third-order valence-electron chi connectivity index (χ3n) is 4.30. The van der Waals surface area contributed by atoms with Crippen molar-refractivity contribution in [2.45, 2.75) is 19.4 Å². The highest BCUT2D eigenvalue weighted by atomic mass is 16.5. The Hall–Kier alpha value is -3.41. The number of ether oxygens (including phenoxy) is 1. The van der Waals surface area contributed by atoms with Gasteiger partial charge in [-0.15, -0.1) is 0 Å². The van der Waals surface area contributed by atoms with E-state index in [2.05, 4.69) is 10.1 Å². The standard InChI is InChI=1S/C20H16N2O4/c1-12(20(24)15-11-21-16-8-4-2-6-13(15)16)25-19(23)10-17-14-7-3-5-9-18(14)26-22-17/h2-9,11-12,21H,10H2,1H3/t12-/m0/s1. The van der Waals surface area contributed by atoms with Gasteiger partial charge in [0.1, 0.15) is 5.69 Å². The Morgan fingerprint density at radius 1 is 1.12 bits per heavy atom. The van der Waals surface area contributed by atoms with E-state index in [-0.39, 0.29) is 12.2 Å². The Labute approximate surface area is 148 Å². The summed E-state index contributed by atoms with van der Waals surface area (Å²) in [6.07, 6.45) is 0.699. The van der Waals surface area contributed by atoms with Gasteiger partial charge in [-0.1, -0.05) is 35.5 Å². The van der Waals surface area contributed by atoms with Crippen molar-refractivity contribution in [2.24, 2.45) is 0 Å². The molecule has 0 spiro atoms. The van der Waals surface area contributed by atoms with Crippen LogP contribution in [0, 0.1) is 0 Å². The number of carbonyl (C=O) groups is 2. The van der Waals surface area contributed by atoms with Crippen LogP contribution in [0.25, 0.3) is 21.9 Å². The van der Waals surface area contributed by atoms with Gasteiger partial charge >= 0.3 is 5.97 Å². The molecule has 2 aromatic heterocycles. The molecule has 2 aromatic carbocycles. The summed E-state index contributed by atoms with van der Waals surface area (Å²) in [5.74, 6) is -0.773. The lowest BCUT2D eigenvalue weighted by molar-refractivity contribution is -0.145. The van der Waals surface area contributed by atoms with Gasteiger partial charge in [0.2, 0.25) is 5.78 Å². The Kier molecular flexibility index (Phi) is 4.01. The van der Waals surface area contributed by atoms with Crippen LogP contribution in [-0.4, -0.2) is 28.0 Å². The van der Waals surface area contributed by atoms with Gasteiger partial charge in [-0.2, -0.15) is 0 Å². The monoisotopic (exact) mass is 348 g/mol. The smallest absolute Gasteiger partial charge is 0.312 e. The molecule has 0 radical (unpaired) electrons. The summed E-state index contributed by atoms with van der Waals surface area (Å²) in [7, 11) is 0. The summed E-state index contributed by atoms with van der Waals surface area (Å²) in [6, 6.07) is 14.8. The van der Waals surface area contributed by atoms with Gasteiger partial charge in [-0.3, -0.25) is 9.59 Å². The average Bonchev–Trinajstić information content (AvgIpc) is 3.25. The second-order valence-corrected chi connectivity index (χ2v) is 6.05. The number of ketones is 1. The van der Waals surface area contributed by atoms with Crippen molar-refractivity contribution in [1.29, 1.82) is 0 Å². The van der Waals surface area contributed by atoms with Crippen LogP contribution in [0.2, 0.25) is 0 Å². The van der Waals surface area contributed by atoms with Crippen molar-refractivity contribution in [2.75, 3.05) is 0 Å². The molecule has 0 bridgehead atoms. The predicted molar refractivity (Wildman–Crippen MR) is 95.9 cm³/mol. The molecule has 0 amide bonds. The first-order valence-corrected chi connectivity index (χ1v) is 8.26. The quantitative estimate of drug-likeness (QED) is 0.439. The number of hydrogen-bond acceptors (Lipinski definition) is 5. The fourth-order valence-corrected chi connectivity index (χ4v) is 2.99. The van der Waals surface area contributed by atoms with E-state index in [1.807, 2.05) is 42.5 Å². The molecular formula is C20H16N2O4. The maximum Gasteiger partial charge on any atom is 0.312 e. The van der Waals surface area contributed by atoms with Crippen LogP contribution >= 0.6 is 0 Å². The Bertz CT molecular complexity index is 1110. The first kappa shape index (κ1) is 16.1. The molecule has 1 N–H and O–H groups in total. The maximum absolute atomic E-state index is 12.6. The van der Waals surface area contributed by atoms with Crippen molar-refractivity contribution >= 4 is 33.6 Å². The number of hydrogen-bond donors (Lipinski definition) is 1. The lowest BCUT2D eigenvalue weighted by atomic mass is 10.1. The van der Waals surface area contributed by atoms with Crippen molar-refractivity contribution in [3.05, 3.63) is 66.0 Å². The number of para-hydroxylation sites is 2. The topological polar surface area (TPSA) is 85.2 Å². The molecule has 4 aromatic rings. The molecule has 26 heavy (non-hydrogen) atoms. The molecule has 1 atom stereocenters. The largest absolute Gasteiger partial charge is 0.454 e. The average molecular weight is 348 g/mol. The van der Waals surface area contributed by atoms with Gasteiger partial charge < -0.3 is 14.2 Å². The number of aromatic nitrogens is 2. The van der Waals surface area contributed by atoms with Crippen LogP contribution in [0.15, 0.2) is 59.3 Å². The number of benzene rings is 2. The van der Waals surface area contributed by atoms with E-state index in [1.54, 1.807) is 19.2 Å². The highest BCUT2D eigenvalue weighted by Gasteiger charge is 2.23. The molecule has 0 aliphatic heterocycles. The minimum Gasteiger partial charge on any atom is -0.454 e. The highest BCUT2D eigenvalue weighted by molar-refractivity contribution is 6.10. The summed E-state index contributed by atoms with van der Waals surface area (Å²) < 4.78 is 10.5. The molecule has 130 valence electrons. The summed E-state index contributed by atoms with van der Waals surface area (Å²) in [5, 5.41) is 5.48. The Balaban J connectivity index is 1.48. The number of H-pyrrole nitrogens is 1. The molecule has 6 heteroatoms. The van der Waals surface area contributed by atoms with Gasteiger partial charge in [0.15, 0.2) is 11.7 Å². The minimum atomic E-state index is -0.889. The zero-order chi connectivity index (χ0) is 18.1. The molecular weight excluding hydrogens is 332 g/mol. The fraction of sp³-hybridized carbons (Fsp3) is 0.150. The van der Waals surface area contributed by atoms with Crippen LogP contribution < -0.4 is 0 Å². The second kappa shape index (κ2) is 6.48. The number of nitrogens with one attached hydrogen (secondary N) is 1. The summed E-state index contributed by atoms with van der Waals surface area (Å²) >= 11 is 0. The van der Waals surface area contributed by atoms with Crippen molar-refractivity contribution in [1.82, 2.24) is 10.1 Å². The molecule has 0 aliphatic carbocycles. The lowest BCUT2D eigenvalue weighted by Crippen LogP contribution is -2.25. The number of carbonyl (C=O) groups excluding carboxylic acids is 2. The fourth-order valence-electron chi connectivity index (χ4n) is 2.99. The summed E-state index contributed by atoms with van der Waals surface area (Å²) in [5.41, 5.74) is 2.48. The second-order valence-electron chi connectivity index (χ2n) is 6.05. The number of esters is 1. The van der Waals surface area contributed by atoms with Gasteiger partial charge in [-0.05, 0) is 25.1 Å². The Morgan fingerprint density at radius 3 is 2.69 bits per heavy atom. The zero-order valence-corrected chi connectivity index (χ0v) is 14.1. The third kappa shape index (κ3) is 2.86. The zero-order valence-electron chi connectivity index (χ0n) is 14.1. The number of aromatic amines is 1. The lowest BCUT2D eigenvalue weighted by Gasteiger charge is -2.11. The van der Waals surface area contributed by atoms with Crippen LogP contribution in [0.4, 0.5) is 0 Å².